The minimum absolute atomic E-state index is 0.128. The second-order valence-electron chi connectivity index (χ2n) is 8.32. The largest absolute Gasteiger partial charge is 0.507 e. The molecule has 2 aromatic rings. The molecule has 0 heterocycles. The Kier molecular flexibility index (Phi) is 11.0. The highest BCUT2D eigenvalue weighted by Gasteiger charge is 2.16. The number of hydrogen-bond acceptors (Lipinski definition) is 4. The summed E-state index contributed by atoms with van der Waals surface area (Å²) in [6.07, 6.45) is 12.8. The van der Waals surface area contributed by atoms with Crippen molar-refractivity contribution in [1.82, 2.24) is 0 Å². The SMILES string of the molecule is CCCCCCCCCCCCOc1ccc(C(=O)Oc2c(C)cccc2C)c(O)c1. The Bertz CT molecular complexity index is 793. The highest BCUT2D eigenvalue weighted by atomic mass is 16.5. The number of benzene rings is 2. The Morgan fingerprint density at radius 1 is 0.839 bits per heavy atom. The van der Waals surface area contributed by atoms with Crippen LogP contribution in [0.5, 0.6) is 17.2 Å². The first-order chi connectivity index (χ1) is 15.0. The zero-order valence-electron chi connectivity index (χ0n) is 19.4. The van der Waals surface area contributed by atoms with Crippen molar-refractivity contribution in [3.63, 3.8) is 0 Å². The number of carbonyl (C=O) groups is 1. The molecule has 4 nitrogen and oxygen atoms in total. The molecule has 0 aromatic heterocycles. The van der Waals surface area contributed by atoms with Crippen molar-refractivity contribution in [2.24, 2.45) is 0 Å². The van der Waals surface area contributed by atoms with Crippen molar-refractivity contribution in [2.45, 2.75) is 85.0 Å². The first-order valence-electron chi connectivity index (χ1n) is 11.8. The fourth-order valence-corrected chi connectivity index (χ4v) is 3.66. The van der Waals surface area contributed by atoms with Gasteiger partial charge < -0.3 is 14.6 Å². The quantitative estimate of drug-likeness (QED) is 0.193. The maximum atomic E-state index is 12.5. The van der Waals surface area contributed by atoms with Crippen molar-refractivity contribution in [1.29, 1.82) is 0 Å². The van der Waals surface area contributed by atoms with Crippen LogP contribution in [0.4, 0.5) is 0 Å². The van der Waals surface area contributed by atoms with Gasteiger partial charge in [0.15, 0.2) is 0 Å². The molecule has 2 aromatic carbocycles. The van der Waals surface area contributed by atoms with Gasteiger partial charge in [0.05, 0.1) is 6.61 Å². The van der Waals surface area contributed by atoms with Crippen LogP contribution in [0, 0.1) is 13.8 Å². The van der Waals surface area contributed by atoms with E-state index in [1.165, 1.54) is 57.4 Å². The standard InChI is InChI=1S/C27H38O4/c1-4-5-6-7-8-9-10-11-12-13-19-30-23-17-18-24(25(28)20-23)27(29)31-26-21(2)15-14-16-22(26)3/h14-18,20,28H,4-13,19H2,1-3H3. The third kappa shape index (κ3) is 8.64. The van der Waals surface area contributed by atoms with Gasteiger partial charge in [0.2, 0.25) is 0 Å². The van der Waals surface area contributed by atoms with E-state index in [0.717, 1.165) is 24.0 Å². The fourth-order valence-electron chi connectivity index (χ4n) is 3.66. The van der Waals surface area contributed by atoms with Gasteiger partial charge in [-0.3, -0.25) is 0 Å². The molecular formula is C27H38O4. The normalized spacial score (nSPS) is 10.8. The number of esters is 1. The van der Waals surface area contributed by atoms with Crippen LogP contribution in [0.2, 0.25) is 0 Å². The lowest BCUT2D eigenvalue weighted by Gasteiger charge is -2.12. The molecule has 0 fully saturated rings. The molecule has 0 saturated carbocycles. The van der Waals surface area contributed by atoms with E-state index in [1.807, 2.05) is 32.0 Å². The molecule has 0 bridgehead atoms. The summed E-state index contributed by atoms with van der Waals surface area (Å²) < 4.78 is 11.3. The lowest BCUT2D eigenvalue weighted by molar-refractivity contribution is 0.0729. The van der Waals surface area contributed by atoms with Crippen molar-refractivity contribution in [3.05, 3.63) is 53.1 Å². The monoisotopic (exact) mass is 426 g/mol. The maximum Gasteiger partial charge on any atom is 0.347 e. The number of ether oxygens (including phenoxy) is 2. The molecule has 0 unspecified atom stereocenters. The molecular weight excluding hydrogens is 388 g/mol. The number of hydrogen-bond donors (Lipinski definition) is 1. The zero-order valence-corrected chi connectivity index (χ0v) is 19.4. The third-order valence-corrected chi connectivity index (χ3v) is 5.56. The molecule has 0 aliphatic carbocycles. The lowest BCUT2D eigenvalue weighted by Crippen LogP contribution is -2.10. The highest BCUT2D eigenvalue weighted by molar-refractivity contribution is 5.94. The van der Waals surface area contributed by atoms with Crippen molar-refractivity contribution >= 4 is 5.97 Å². The molecule has 4 heteroatoms. The van der Waals surface area contributed by atoms with Crippen LogP contribution in [0.1, 0.15) is 92.6 Å². The molecule has 0 aliphatic rings. The molecule has 0 amide bonds. The third-order valence-electron chi connectivity index (χ3n) is 5.56. The van der Waals surface area contributed by atoms with E-state index in [2.05, 4.69) is 6.92 Å². The van der Waals surface area contributed by atoms with Gasteiger partial charge in [0.1, 0.15) is 22.8 Å². The van der Waals surface area contributed by atoms with Crippen LogP contribution < -0.4 is 9.47 Å². The van der Waals surface area contributed by atoms with E-state index in [4.69, 9.17) is 9.47 Å². The Labute approximate surface area is 187 Å². The molecule has 31 heavy (non-hydrogen) atoms. The molecule has 2 rings (SSSR count). The number of aryl methyl sites for hydroxylation is 2. The van der Waals surface area contributed by atoms with Gasteiger partial charge >= 0.3 is 5.97 Å². The van der Waals surface area contributed by atoms with Gasteiger partial charge in [-0.05, 0) is 43.5 Å². The Morgan fingerprint density at radius 3 is 2.00 bits per heavy atom. The summed E-state index contributed by atoms with van der Waals surface area (Å²) in [4.78, 5) is 12.5. The smallest absolute Gasteiger partial charge is 0.347 e. The maximum absolute atomic E-state index is 12.5. The summed E-state index contributed by atoms with van der Waals surface area (Å²) in [5, 5.41) is 10.3. The molecule has 170 valence electrons. The van der Waals surface area contributed by atoms with Crippen LogP contribution in [-0.4, -0.2) is 17.7 Å². The van der Waals surface area contributed by atoms with Crippen LogP contribution in [0.15, 0.2) is 36.4 Å². The predicted octanol–water partition coefficient (Wildman–Crippen LogP) is 7.53. The molecule has 0 aliphatic heterocycles. The van der Waals surface area contributed by atoms with Gasteiger partial charge in [0, 0.05) is 6.07 Å². The second kappa shape index (κ2) is 13.7. The summed E-state index contributed by atoms with van der Waals surface area (Å²) >= 11 is 0. The Hall–Kier alpha value is -2.49. The average Bonchev–Trinajstić information content (AvgIpc) is 2.74. The van der Waals surface area contributed by atoms with E-state index in [-0.39, 0.29) is 11.3 Å². The van der Waals surface area contributed by atoms with Crippen LogP contribution in [-0.2, 0) is 0 Å². The van der Waals surface area contributed by atoms with Crippen LogP contribution >= 0.6 is 0 Å². The summed E-state index contributed by atoms with van der Waals surface area (Å²) in [5.74, 6) is 0.401. The van der Waals surface area contributed by atoms with Crippen molar-refractivity contribution < 1.29 is 19.4 Å². The number of phenols is 1. The van der Waals surface area contributed by atoms with Gasteiger partial charge in [-0.1, -0.05) is 82.9 Å². The lowest BCUT2D eigenvalue weighted by atomic mass is 10.1. The number of carbonyl (C=O) groups excluding carboxylic acids is 1. The van der Waals surface area contributed by atoms with Crippen LogP contribution in [0.25, 0.3) is 0 Å². The first-order valence-corrected chi connectivity index (χ1v) is 11.8. The van der Waals surface area contributed by atoms with Crippen LogP contribution in [0.3, 0.4) is 0 Å². The van der Waals surface area contributed by atoms with Gasteiger partial charge in [-0.2, -0.15) is 0 Å². The number of phenolic OH excluding ortho intramolecular Hbond substituents is 1. The van der Waals surface area contributed by atoms with Gasteiger partial charge in [-0.15, -0.1) is 0 Å². The fraction of sp³-hybridized carbons (Fsp3) is 0.519. The summed E-state index contributed by atoms with van der Waals surface area (Å²) in [5.41, 5.74) is 1.89. The Balaban J connectivity index is 1.69. The zero-order chi connectivity index (χ0) is 22.5. The highest BCUT2D eigenvalue weighted by Crippen LogP contribution is 2.28. The number of rotatable bonds is 14. The minimum atomic E-state index is -0.573. The summed E-state index contributed by atoms with van der Waals surface area (Å²) in [7, 11) is 0. The molecule has 0 spiro atoms. The van der Waals surface area contributed by atoms with E-state index in [0.29, 0.717) is 18.1 Å². The second-order valence-corrected chi connectivity index (χ2v) is 8.32. The minimum Gasteiger partial charge on any atom is -0.507 e. The van der Waals surface area contributed by atoms with Gasteiger partial charge in [0.25, 0.3) is 0 Å². The van der Waals surface area contributed by atoms with Gasteiger partial charge in [-0.25, -0.2) is 4.79 Å². The predicted molar refractivity (Wildman–Crippen MR) is 126 cm³/mol. The van der Waals surface area contributed by atoms with E-state index >= 15 is 0 Å². The molecule has 1 N–H and O–H groups in total. The van der Waals surface area contributed by atoms with E-state index < -0.39 is 5.97 Å². The molecule has 0 saturated heterocycles. The average molecular weight is 427 g/mol. The number of unbranched alkanes of at least 4 members (excludes halogenated alkanes) is 9. The van der Waals surface area contributed by atoms with Crippen molar-refractivity contribution in [2.75, 3.05) is 6.61 Å². The topological polar surface area (TPSA) is 55.8 Å². The molecule has 0 atom stereocenters. The number of para-hydroxylation sites is 1. The van der Waals surface area contributed by atoms with Crippen molar-refractivity contribution in [3.8, 4) is 17.2 Å². The summed E-state index contributed by atoms with van der Waals surface area (Å²) in [6.45, 7) is 6.64. The number of aromatic hydroxyl groups is 1. The van der Waals surface area contributed by atoms with E-state index in [1.54, 1.807) is 12.1 Å². The Morgan fingerprint density at radius 2 is 1.42 bits per heavy atom. The molecule has 0 radical (unpaired) electrons. The first kappa shape index (κ1) is 24.8. The van der Waals surface area contributed by atoms with E-state index in [9.17, 15) is 9.90 Å². The summed E-state index contributed by atoms with van der Waals surface area (Å²) in [6, 6.07) is 10.4.